The van der Waals surface area contributed by atoms with E-state index in [1.165, 1.54) is 0 Å². The SMILES string of the molecule is CN1CCN(c2ccc(N/C=C3\C(=O)NC(=O)c4ccc(-c5cccn5C)cc43)cn2)CC1. The lowest BCUT2D eigenvalue weighted by molar-refractivity contribution is -0.114. The summed E-state index contributed by atoms with van der Waals surface area (Å²) in [7, 11) is 4.09. The molecule has 0 saturated carbocycles. The summed E-state index contributed by atoms with van der Waals surface area (Å²) < 4.78 is 2.00. The van der Waals surface area contributed by atoms with Crippen molar-refractivity contribution in [3.63, 3.8) is 0 Å². The maximum Gasteiger partial charge on any atom is 0.260 e. The van der Waals surface area contributed by atoms with E-state index in [0.29, 0.717) is 16.7 Å². The molecule has 8 nitrogen and oxygen atoms in total. The van der Waals surface area contributed by atoms with Gasteiger partial charge in [0, 0.05) is 62.4 Å². The second-order valence-corrected chi connectivity index (χ2v) is 8.45. The van der Waals surface area contributed by atoms with Gasteiger partial charge in [-0.05, 0) is 49.0 Å². The van der Waals surface area contributed by atoms with E-state index in [1.807, 2.05) is 54.2 Å². The van der Waals surface area contributed by atoms with E-state index >= 15 is 0 Å². The highest BCUT2D eigenvalue weighted by atomic mass is 16.2. The number of pyridine rings is 1. The molecule has 2 aliphatic heterocycles. The topological polar surface area (TPSA) is 82.5 Å². The monoisotopic (exact) mass is 442 g/mol. The molecule has 2 amide bonds. The number of nitrogens with one attached hydrogen (secondary N) is 2. The number of amides is 2. The Morgan fingerprint density at radius 3 is 2.48 bits per heavy atom. The number of hydrogen-bond acceptors (Lipinski definition) is 6. The molecular weight excluding hydrogens is 416 g/mol. The van der Waals surface area contributed by atoms with E-state index < -0.39 is 5.91 Å². The largest absolute Gasteiger partial charge is 0.360 e. The first-order valence-electron chi connectivity index (χ1n) is 11.0. The Morgan fingerprint density at radius 1 is 0.970 bits per heavy atom. The number of imide groups is 1. The molecule has 2 aromatic heterocycles. The molecule has 168 valence electrons. The fourth-order valence-corrected chi connectivity index (χ4v) is 4.24. The number of nitrogens with zero attached hydrogens (tertiary/aromatic N) is 4. The molecule has 0 radical (unpaired) electrons. The first-order valence-corrected chi connectivity index (χ1v) is 11.0. The summed E-state index contributed by atoms with van der Waals surface area (Å²) in [5.41, 5.74) is 4.20. The molecule has 3 aromatic rings. The van der Waals surface area contributed by atoms with Crippen LogP contribution in [0.4, 0.5) is 11.5 Å². The van der Waals surface area contributed by atoms with Gasteiger partial charge in [0.2, 0.25) is 0 Å². The number of carbonyl (C=O) groups is 2. The van der Waals surface area contributed by atoms with Crippen molar-refractivity contribution in [2.45, 2.75) is 0 Å². The smallest absolute Gasteiger partial charge is 0.260 e. The number of aromatic nitrogens is 2. The Kier molecular flexibility index (Phi) is 5.43. The predicted molar refractivity (Wildman–Crippen MR) is 129 cm³/mol. The summed E-state index contributed by atoms with van der Waals surface area (Å²) in [5.74, 6) is 0.134. The average Bonchev–Trinajstić information content (AvgIpc) is 3.25. The number of anilines is 2. The molecule has 1 aromatic carbocycles. The van der Waals surface area contributed by atoms with Gasteiger partial charge in [0.25, 0.3) is 11.8 Å². The van der Waals surface area contributed by atoms with Crippen molar-refractivity contribution in [2.75, 3.05) is 43.4 Å². The van der Waals surface area contributed by atoms with Crippen LogP contribution in [-0.2, 0) is 11.8 Å². The molecule has 1 saturated heterocycles. The van der Waals surface area contributed by atoms with Crippen molar-refractivity contribution < 1.29 is 9.59 Å². The van der Waals surface area contributed by atoms with Crippen molar-refractivity contribution in [1.29, 1.82) is 0 Å². The summed E-state index contributed by atoms with van der Waals surface area (Å²) in [6, 6.07) is 13.5. The van der Waals surface area contributed by atoms with Crippen molar-refractivity contribution >= 4 is 28.9 Å². The highest BCUT2D eigenvalue weighted by molar-refractivity contribution is 6.31. The van der Waals surface area contributed by atoms with E-state index in [4.69, 9.17) is 0 Å². The number of piperazine rings is 1. The van der Waals surface area contributed by atoms with Gasteiger partial charge in [-0.1, -0.05) is 6.07 Å². The zero-order valence-corrected chi connectivity index (χ0v) is 18.7. The van der Waals surface area contributed by atoms with Crippen LogP contribution in [0.2, 0.25) is 0 Å². The number of benzene rings is 1. The van der Waals surface area contributed by atoms with Crippen LogP contribution in [0.15, 0.2) is 61.1 Å². The first-order chi connectivity index (χ1) is 16.0. The van der Waals surface area contributed by atoms with Crippen LogP contribution in [0, 0.1) is 0 Å². The number of fused-ring (bicyclic) bond motifs is 1. The molecule has 5 rings (SSSR count). The second kappa shape index (κ2) is 8.55. The Balaban J connectivity index is 1.40. The maximum absolute atomic E-state index is 12.7. The fourth-order valence-electron chi connectivity index (χ4n) is 4.24. The maximum atomic E-state index is 12.7. The number of rotatable bonds is 4. The Bertz CT molecular complexity index is 1240. The highest BCUT2D eigenvalue weighted by Crippen LogP contribution is 2.30. The van der Waals surface area contributed by atoms with Crippen LogP contribution in [0.3, 0.4) is 0 Å². The normalized spacial score (nSPS) is 17.8. The van der Waals surface area contributed by atoms with E-state index in [-0.39, 0.29) is 5.91 Å². The Labute approximate surface area is 192 Å². The number of hydrogen-bond donors (Lipinski definition) is 2. The minimum atomic E-state index is -0.425. The van der Waals surface area contributed by atoms with Crippen molar-refractivity contribution in [3.05, 3.63) is 72.2 Å². The van der Waals surface area contributed by atoms with Gasteiger partial charge < -0.3 is 19.7 Å². The van der Waals surface area contributed by atoms with Crippen molar-refractivity contribution in [3.8, 4) is 11.3 Å². The lowest BCUT2D eigenvalue weighted by Gasteiger charge is -2.33. The molecule has 1 fully saturated rings. The molecule has 0 spiro atoms. The lowest BCUT2D eigenvalue weighted by Crippen LogP contribution is -2.44. The van der Waals surface area contributed by atoms with E-state index in [2.05, 4.69) is 32.5 Å². The van der Waals surface area contributed by atoms with E-state index in [1.54, 1.807) is 18.5 Å². The predicted octanol–water partition coefficient (Wildman–Crippen LogP) is 2.56. The second-order valence-electron chi connectivity index (χ2n) is 8.45. The average molecular weight is 443 g/mol. The number of aryl methyl sites for hydroxylation is 1. The number of carbonyl (C=O) groups excluding carboxylic acids is 2. The first kappa shape index (κ1) is 21.0. The third-order valence-corrected chi connectivity index (χ3v) is 6.22. The zero-order valence-electron chi connectivity index (χ0n) is 18.7. The summed E-state index contributed by atoms with van der Waals surface area (Å²) in [5, 5.41) is 5.60. The van der Waals surface area contributed by atoms with E-state index in [0.717, 1.165) is 48.9 Å². The number of likely N-dealkylation sites (N-methyl/N-ethyl adjacent to an activating group) is 1. The van der Waals surface area contributed by atoms with Crippen LogP contribution in [0.1, 0.15) is 15.9 Å². The minimum Gasteiger partial charge on any atom is -0.360 e. The van der Waals surface area contributed by atoms with Crippen LogP contribution in [0.5, 0.6) is 0 Å². The minimum absolute atomic E-state index is 0.385. The Hall–Kier alpha value is -3.91. The van der Waals surface area contributed by atoms with Crippen LogP contribution in [0.25, 0.3) is 16.8 Å². The molecule has 33 heavy (non-hydrogen) atoms. The van der Waals surface area contributed by atoms with Gasteiger partial charge in [-0.25, -0.2) is 4.98 Å². The summed E-state index contributed by atoms with van der Waals surface area (Å²) >= 11 is 0. The standard InChI is InChI=1S/C25H26N6O2/c1-29-10-12-31(13-11-29)23-8-6-18(15-27-23)26-16-21-20-14-17(22-4-3-9-30(22)2)5-7-19(20)24(32)28-25(21)33/h3-9,14-16,26H,10-13H2,1-2H3,(H,28,32,33)/b21-16-. The highest BCUT2D eigenvalue weighted by Gasteiger charge is 2.27. The van der Waals surface area contributed by atoms with Crippen LogP contribution >= 0.6 is 0 Å². The molecule has 4 heterocycles. The van der Waals surface area contributed by atoms with Crippen molar-refractivity contribution in [2.24, 2.45) is 7.05 Å². The fraction of sp³-hybridized carbons (Fsp3) is 0.240. The van der Waals surface area contributed by atoms with Gasteiger partial charge in [0.1, 0.15) is 5.82 Å². The Morgan fingerprint density at radius 2 is 1.79 bits per heavy atom. The molecular formula is C25H26N6O2. The molecule has 0 atom stereocenters. The van der Waals surface area contributed by atoms with E-state index in [9.17, 15) is 9.59 Å². The van der Waals surface area contributed by atoms with Crippen LogP contribution in [-0.4, -0.2) is 59.5 Å². The summed E-state index contributed by atoms with van der Waals surface area (Å²) in [4.78, 5) is 34.2. The summed E-state index contributed by atoms with van der Waals surface area (Å²) in [6.45, 7) is 3.95. The van der Waals surface area contributed by atoms with Gasteiger partial charge in [-0.2, -0.15) is 0 Å². The zero-order chi connectivity index (χ0) is 22.9. The van der Waals surface area contributed by atoms with Gasteiger partial charge >= 0.3 is 0 Å². The molecule has 0 bridgehead atoms. The lowest BCUT2D eigenvalue weighted by atomic mass is 9.92. The van der Waals surface area contributed by atoms with Gasteiger partial charge in [-0.15, -0.1) is 0 Å². The quantitative estimate of drug-likeness (QED) is 0.477. The molecule has 2 N–H and O–H groups in total. The summed E-state index contributed by atoms with van der Waals surface area (Å²) in [6.07, 6.45) is 5.36. The van der Waals surface area contributed by atoms with Gasteiger partial charge in [0.05, 0.1) is 17.5 Å². The van der Waals surface area contributed by atoms with Gasteiger partial charge in [-0.3, -0.25) is 14.9 Å². The van der Waals surface area contributed by atoms with Gasteiger partial charge in [0.15, 0.2) is 0 Å². The third-order valence-electron chi connectivity index (χ3n) is 6.22. The van der Waals surface area contributed by atoms with Crippen LogP contribution < -0.4 is 15.5 Å². The molecule has 0 unspecified atom stereocenters. The molecule has 2 aliphatic rings. The third kappa shape index (κ3) is 4.12. The molecule has 0 aliphatic carbocycles. The molecule has 8 heteroatoms. The van der Waals surface area contributed by atoms with Crippen molar-refractivity contribution in [1.82, 2.24) is 19.8 Å².